The van der Waals surface area contributed by atoms with Crippen LogP contribution in [0.25, 0.3) is 0 Å². The fourth-order valence-corrected chi connectivity index (χ4v) is 4.42. The van der Waals surface area contributed by atoms with Crippen molar-refractivity contribution in [2.45, 2.75) is 58.2 Å². The molecule has 0 aliphatic heterocycles. The van der Waals surface area contributed by atoms with Crippen molar-refractivity contribution in [3.63, 3.8) is 0 Å². The summed E-state index contributed by atoms with van der Waals surface area (Å²) in [5, 5.41) is 0.747. The molecule has 0 saturated heterocycles. The fraction of sp³-hybridized carbons (Fsp3) is 0.360. The van der Waals surface area contributed by atoms with Crippen LogP contribution in [0.2, 0.25) is 5.02 Å². The average molecular weight is 422 g/mol. The van der Waals surface area contributed by atoms with Gasteiger partial charge in [0, 0.05) is 29.0 Å². The highest BCUT2D eigenvalue weighted by Crippen LogP contribution is 2.26. The van der Waals surface area contributed by atoms with Gasteiger partial charge in [0.25, 0.3) is 5.91 Å². The fourth-order valence-electron chi connectivity index (χ4n) is 4.22. The first-order chi connectivity index (χ1) is 14.6. The smallest absolute Gasteiger partial charge is 0.254 e. The van der Waals surface area contributed by atoms with Gasteiger partial charge in [0.1, 0.15) is 5.82 Å². The normalized spacial score (nSPS) is 14.6. The van der Waals surface area contributed by atoms with E-state index in [0.29, 0.717) is 13.1 Å². The van der Waals surface area contributed by atoms with Crippen molar-refractivity contribution in [3.8, 4) is 0 Å². The predicted molar refractivity (Wildman–Crippen MR) is 121 cm³/mol. The largest absolute Gasteiger partial charge is 0.329 e. The Labute approximate surface area is 183 Å². The van der Waals surface area contributed by atoms with Gasteiger partial charge in [-0.3, -0.25) is 4.79 Å². The maximum absolute atomic E-state index is 13.5. The van der Waals surface area contributed by atoms with Crippen molar-refractivity contribution in [2.24, 2.45) is 0 Å². The second-order valence-corrected chi connectivity index (χ2v) is 8.56. The van der Waals surface area contributed by atoms with Crippen molar-refractivity contribution in [1.82, 2.24) is 14.5 Å². The van der Waals surface area contributed by atoms with Crippen LogP contribution in [-0.2, 0) is 13.1 Å². The number of hydrogen-bond acceptors (Lipinski definition) is 2. The molecule has 0 unspecified atom stereocenters. The van der Waals surface area contributed by atoms with Gasteiger partial charge in [0.05, 0.1) is 13.1 Å². The van der Waals surface area contributed by atoms with Crippen LogP contribution in [0.15, 0.2) is 60.9 Å². The average Bonchev–Trinajstić information content (AvgIpc) is 3.21. The lowest BCUT2D eigenvalue weighted by Gasteiger charge is -2.34. The van der Waals surface area contributed by atoms with Gasteiger partial charge in [-0.15, -0.1) is 0 Å². The lowest BCUT2D eigenvalue weighted by molar-refractivity contribution is 0.0605. The monoisotopic (exact) mass is 421 g/mol. The Hall–Kier alpha value is -2.59. The van der Waals surface area contributed by atoms with Crippen LogP contribution in [0, 0.1) is 6.92 Å². The van der Waals surface area contributed by atoms with E-state index in [1.807, 2.05) is 72.7 Å². The number of aromatic nitrogens is 2. The third-order valence-corrected chi connectivity index (χ3v) is 6.36. The van der Waals surface area contributed by atoms with Gasteiger partial charge < -0.3 is 9.47 Å². The molecule has 1 fully saturated rings. The molecule has 1 amide bonds. The molecular formula is C25H28ClN3O. The highest BCUT2D eigenvalue weighted by Gasteiger charge is 2.27. The van der Waals surface area contributed by atoms with Gasteiger partial charge in [0.15, 0.2) is 0 Å². The van der Waals surface area contributed by atoms with E-state index in [-0.39, 0.29) is 11.9 Å². The van der Waals surface area contributed by atoms with Gasteiger partial charge in [-0.2, -0.15) is 0 Å². The third-order valence-electron chi connectivity index (χ3n) is 5.99. The van der Waals surface area contributed by atoms with Crippen molar-refractivity contribution >= 4 is 17.5 Å². The first kappa shape index (κ1) is 20.7. The minimum Gasteiger partial charge on any atom is -0.329 e. The Morgan fingerprint density at radius 2 is 1.83 bits per heavy atom. The molecule has 30 heavy (non-hydrogen) atoms. The van der Waals surface area contributed by atoms with Gasteiger partial charge in [-0.25, -0.2) is 4.98 Å². The number of amides is 1. The maximum Gasteiger partial charge on any atom is 0.254 e. The van der Waals surface area contributed by atoms with Crippen molar-refractivity contribution in [1.29, 1.82) is 0 Å². The molecule has 0 N–H and O–H groups in total. The summed E-state index contributed by atoms with van der Waals surface area (Å²) in [6.07, 6.45) is 9.50. The summed E-state index contributed by atoms with van der Waals surface area (Å²) >= 11 is 6.37. The molecule has 0 radical (unpaired) electrons. The Morgan fingerprint density at radius 1 is 1.10 bits per heavy atom. The topological polar surface area (TPSA) is 38.1 Å². The number of imidazole rings is 1. The molecule has 2 aromatic carbocycles. The maximum atomic E-state index is 13.5. The van der Waals surface area contributed by atoms with Gasteiger partial charge in [-0.05, 0) is 43.5 Å². The molecule has 1 heterocycles. The van der Waals surface area contributed by atoms with E-state index in [1.165, 1.54) is 19.3 Å². The Morgan fingerprint density at radius 3 is 2.57 bits per heavy atom. The molecule has 4 nitrogen and oxygen atoms in total. The molecule has 4 rings (SSSR count). The number of carbonyl (C=O) groups is 1. The second kappa shape index (κ2) is 9.48. The Balaban J connectivity index is 1.59. The Kier molecular flexibility index (Phi) is 6.53. The van der Waals surface area contributed by atoms with Crippen molar-refractivity contribution in [3.05, 3.63) is 88.5 Å². The predicted octanol–water partition coefficient (Wildman–Crippen LogP) is 5.87. The molecule has 1 aromatic heterocycles. The number of carbonyl (C=O) groups excluding carboxylic acids is 1. The quantitative estimate of drug-likeness (QED) is 0.499. The number of benzene rings is 2. The number of hydrogen-bond donors (Lipinski definition) is 0. The first-order valence-electron chi connectivity index (χ1n) is 10.7. The lowest BCUT2D eigenvalue weighted by atomic mass is 9.93. The molecule has 156 valence electrons. The summed E-state index contributed by atoms with van der Waals surface area (Å²) < 4.78 is 2.10. The van der Waals surface area contributed by atoms with E-state index in [9.17, 15) is 4.79 Å². The van der Waals surface area contributed by atoms with Crippen LogP contribution in [0.3, 0.4) is 0 Å². The minimum absolute atomic E-state index is 0.0918. The third kappa shape index (κ3) is 4.76. The van der Waals surface area contributed by atoms with E-state index in [2.05, 4.69) is 9.55 Å². The highest BCUT2D eigenvalue weighted by molar-refractivity contribution is 6.31. The van der Waals surface area contributed by atoms with Crippen LogP contribution in [0.5, 0.6) is 0 Å². The molecule has 3 aromatic rings. The standard InChI is InChI=1S/C25H28ClN3O/c1-19-11-13-20(14-12-19)25(30)29(22-8-3-2-4-9-22)18-24-27-15-16-28(24)17-21-7-5-6-10-23(21)26/h5-7,10-16,22H,2-4,8-9,17-18H2,1H3. The molecule has 0 atom stereocenters. The van der Waals surface area contributed by atoms with E-state index in [1.54, 1.807) is 0 Å². The number of rotatable bonds is 6. The van der Waals surface area contributed by atoms with Crippen molar-refractivity contribution in [2.75, 3.05) is 0 Å². The van der Waals surface area contributed by atoms with Crippen LogP contribution in [0.4, 0.5) is 0 Å². The number of aryl methyl sites for hydroxylation is 1. The number of nitrogens with zero attached hydrogens (tertiary/aromatic N) is 3. The second-order valence-electron chi connectivity index (χ2n) is 8.15. The van der Waals surface area contributed by atoms with E-state index in [0.717, 1.165) is 40.4 Å². The molecule has 0 bridgehead atoms. The van der Waals surface area contributed by atoms with Crippen LogP contribution in [-0.4, -0.2) is 26.4 Å². The van der Waals surface area contributed by atoms with Crippen LogP contribution >= 0.6 is 11.6 Å². The van der Waals surface area contributed by atoms with Gasteiger partial charge in [0.2, 0.25) is 0 Å². The zero-order valence-electron chi connectivity index (χ0n) is 17.4. The lowest BCUT2D eigenvalue weighted by Crippen LogP contribution is -2.41. The summed E-state index contributed by atoms with van der Waals surface area (Å²) in [5.41, 5.74) is 2.95. The molecule has 5 heteroatoms. The summed E-state index contributed by atoms with van der Waals surface area (Å²) in [4.78, 5) is 20.1. The molecular weight excluding hydrogens is 394 g/mol. The number of halogens is 1. The first-order valence-corrected chi connectivity index (χ1v) is 11.1. The summed E-state index contributed by atoms with van der Waals surface area (Å²) in [6.45, 7) is 3.19. The zero-order valence-corrected chi connectivity index (χ0v) is 18.2. The van der Waals surface area contributed by atoms with Crippen molar-refractivity contribution < 1.29 is 4.79 Å². The molecule has 0 spiro atoms. The molecule has 1 aliphatic carbocycles. The molecule has 1 aliphatic rings. The zero-order chi connectivity index (χ0) is 20.9. The van der Waals surface area contributed by atoms with E-state index in [4.69, 9.17) is 11.6 Å². The molecule has 1 saturated carbocycles. The van der Waals surface area contributed by atoms with Crippen LogP contribution < -0.4 is 0 Å². The van der Waals surface area contributed by atoms with Gasteiger partial charge in [-0.1, -0.05) is 66.8 Å². The summed E-state index contributed by atoms with van der Waals surface area (Å²) in [5.74, 6) is 0.982. The van der Waals surface area contributed by atoms with Gasteiger partial charge >= 0.3 is 0 Å². The highest BCUT2D eigenvalue weighted by atomic mass is 35.5. The van der Waals surface area contributed by atoms with E-state index < -0.39 is 0 Å². The summed E-state index contributed by atoms with van der Waals surface area (Å²) in [6, 6.07) is 16.0. The van der Waals surface area contributed by atoms with E-state index >= 15 is 0 Å². The SMILES string of the molecule is Cc1ccc(C(=O)N(Cc2nccn2Cc2ccccc2Cl)C2CCCCC2)cc1. The summed E-state index contributed by atoms with van der Waals surface area (Å²) in [7, 11) is 0. The Bertz CT molecular complexity index is 990. The van der Waals surface area contributed by atoms with Crippen LogP contribution in [0.1, 0.15) is 59.4 Å². The minimum atomic E-state index is 0.0918.